The van der Waals surface area contributed by atoms with Crippen LogP contribution in [0.1, 0.15) is 17.2 Å². The van der Waals surface area contributed by atoms with E-state index in [0.29, 0.717) is 0 Å². The van der Waals surface area contributed by atoms with Gasteiger partial charge in [-0.15, -0.1) is 0 Å². The number of rotatable bonds is 7. The van der Waals surface area contributed by atoms with Crippen molar-refractivity contribution in [3.8, 4) is 11.5 Å². The maximum atomic E-state index is 14.7. The number of hydrogen-bond acceptors (Lipinski definition) is 6. The molecule has 1 N–H and O–H groups in total. The largest absolute Gasteiger partial charge is 0.506 e. The highest BCUT2D eigenvalue weighted by molar-refractivity contribution is 6.46. The number of aliphatic hydroxyl groups is 1. The molecule has 0 spiro atoms. The molecule has 0 radical (unpaired) electrons. The van der Waals surface area contributed by atoms with Gasteiger partial charge in [0.25, 0.3) is 11.7 Å². The van der Waals surface area contributed by atoms with E-state index in [2.05, 4.69) is 0 Å². The highest BCUT2D eigenvalue weighted by atomic mass is 19.1. The van der Waals surface area contributed by atoms with Crippen molar-refractivity contribution >= 4 is 17.4 Å². The monoisotopic (exact) mass is 415 g/mol. The predicted octanol–water partition coefficient (Wildman–Crippen LogP) is 2.91. The van der Waals surface area contributed by atoms with Crippen LogP contribution in [0.3, 0.4) is 0 Å². The van der Waals surface area contributed by atoms with Crippen molar-refractivity contribution in [3.63, 3.8) is 0 Å². The summed E-state index contributed by atoms with van der Waals surface area (Å²) >= 11 is 0. The van der Waals surface area contributed by atoms with Crippen molar-refractivity contribution in [2.75, 3.05) is 34.5 Å². The van der Waals surface area contributed by atoms with E-state index in [1.807, 2.05) is 0 Å². The highest BCUT2D eigenvalue weighted by Crippen LogP contribution is 2.43. The van der Waals surface area contributed by atoms with Gasteiger partial charge in [-0.3, -0.25) is 9.59 Å². The van der Waals surface area contributed by atoms with Gasteiger partial charge in [-0.05, 0) is 18.2 Å². The molecule has 1 aliphatic heterocycles. The van der Waals surface area contributed by atoms with Crippen LogP contribution in [-0.4, -0.2) is 56.2 Å². The van der Waals surface area contributed by atoms with Gasteiger partial charge in [-0.25, -0.2) is 4.39 Å². The summed E-state index contributed by atoms with van der Waals surface area (Å²) in [6, 6.07) is 9.49. The van der Waals surface area contributed by atoms with E-state index in [1.54, 1.807) is 24.3 Å². The van der Waals surface area contributed by atoms with Crippen molar-refractivity contribution < 1.29 is 33.3 Å². The van der Waals surface area contributed by atoms with Crippen LogP contribution in [-0.2, 0) is 14.3 Å². The molecule has 1 aliphatic rings. The molecule has 1 fully saturated rings. The summed E-state index contributed by atoms with van der Waals surface area (Å²) in [7, 11) is 4.25. The van der Waals surface area contributed by atoms with Crippen molar-refractivity contribution in [2.45, 2.75) is 6.04 Å². The third-order valence-electron chi connectivity index (χ3n) is 4.94. The number of ether oxygens (including phenoxy) is 3. The summed E-state index contributed by atoms with van der Waals surface area (Å²) < 4.78 is 30.3. The molecule has 1 saturated heterocycles. The zero-order valence-corrected chi connectivity index (χ0v) is 16.8. The number of Topliss-reactive ketones (excluding diaryl/α,β-unsaturated/α-hetero) is 1. The number of benzene rings is 2. The molecule has 1 atom stereocenters. The Morgan fingerprint density at radius 2 is 1.67 bits per heavy atom. The molecule has 2 aromatic carbocycles. The van der Waals surface area contributed by atoms with E-state index in [9.17, 15) is 19.1 Å². The van der Waals surface area contributed by atoms with E-state index in [1.165, 1.54) is 44.4 Å². The highest BCUT2D eigenvalue weighted by Gasteiger charge is 2.47. The normalized spacial score (nSPS) is 18.0. The molecule has 8 heteroatoms. The van der Waals surface area contributed by atoms with E-state index >= 15 is 0 Å². The van der Waals surface area contributed by atoms with E-state index in [4.69, 9.17) is 14.2 Å². The van der Waals surface area contributed by atoms with Gasteiger partial charge in [0.1, 0.15) is 28.6 Å². The Bertz CT molecular complexity index is 981. The SMILES string of the molecule is COCCN1C(=O)C(=O)/C(=C(/O)c2c(OC)cccc2OC)C1c1ccccc1F. The summed E-state index contributed by atoms with van der Waals surface area (Å²) in [5.41, 5.74) is -0.0548. The number of likely N-dealkylation sites (tertiary alicyclic amines) is 1. The molecule has 0 aliphatic carbocycles. The van der Waals surface area contributed by atoms with Crippen molar-refractivity contribution in [1.82, 2.24) is 4.90 Å². The Balaban J connectivity index is 2.29. The van der Waals surface area contributed by atoms with Gasteiger partial charge in [0.05, 0.1) is 32.4 Å². The number of hydrogen-bond donors (Lipinski definition) is 1. The number of carbonyl (C=O) groups excluding carboxylic acids is 2. The standard InChI is InChI=1S/C22H22FNO6/c1-28-12-11-24-19(13-7-4-5-8-14(13)23)18(21(26)22(24)27)20(25)17-15(29-2)9-6-10-16(17)30-3/h4-10,19,25H,11-12H2,1-3H3/b20-18+. The number of aliphatic hydroxyl groups excluding tert-OH is 1. The van der Waals surface area contributed by atoms with Crippen LogP contribution in [0.2, 0.25) is 0 Å². The van der Waals surface area contributed by atoms with E-state index < -0.39 is 29.3 Å². The van der Waals surface area contributed by atoms with Crippen molar-refractivity contribution in [1.29, 1.82) is 0 Å². The summed E-state index contributed by atoms with van der Waals surface area (Å²) in [4.78, 5) is 26.9. The van der Waals surface area contributed by atoms with Crippen LogP contribution in [0.25, 0.3) is 5.76 Å². The molecule has 158 valence electrons. The van der Waals surface area contributed by atoms with Crippen LogP contribution in [0.15, 0.2) is 48.0 Å². The summed E-state index contributed by atoms with van der Waals surface area (Å²) in [6.45, 7) is 0.176. The first-order chi connectivity index (χ1) is 14.5. The Morgan fingerprint density at radius 1 is 1.03 bits per heavy atom. The number of methoxy groups -OCH3 is 3. The maximum absolute atomic E-state index is 14.7. The lowest BCUT2D eigenvalue weighted by atomic mass is 9.94. The van der Waals surface area contributed by atoms with Crippen LogP contribution in [0.4, 0.5) is 4.39 Å². The first-order valence-electron chi connectivity index (χ1n) is 9.19. The second kappa shape index (κ2) is 8.96. The number of amides is 1. The number of ketones is 1. The average molecular weight is 415 g/mol. The van der Waals surface area contributed by atoms with Gasteiger partial charge < -0.3 is 24.2 Å². The fraction of sp³-hybridized carbons (Fsp3) is 0.273. The van der Waals surface area contributed by atoms with Gasteiger partial charge >= 0.3 is 0 Å². The minimum atomic E-state index is -1.13. The van der Waals surface area contributed by atoms with Gasteiger partial charge in [-0.1, -0.05) is 24.3 Å². The Labute approximate surface area is 173 Å². The lowest BCUT2D eigenvalue weighted by molar-refractivity contribution is -0.140. The van der Waals surface area contributed by atoms with Gasteiger partial charge in [0, 0.05) is 19.2 Å². The van der Waals surface area contributed by atoms with Crippen LogP contribution in [0, 0.1) is 5.82 Å². The molecule has 1 amide bonds. The molecule has 2 aromatic rings. The van der Waals surface area contributed by atoms with E-state index in [-0.39, 0.29) is 41.4 Å². The quantitative estimate of drug-likeness (QED) is 0.425. The number of halogens is 1. The fourth-order valence-corrected chi connectivity index (χ4v) is 3.54. The van der Waals surface area contributed by atoms with Gasteiger partial charge in [0.15, 0.2) is 0 Å². The Morgan fingerprint density at radius 3 is 2.23 bits per heavy atom. The number of carbonyl (C=O) groups is 2. The minimum Gasteiger partial charge on any atom is -0.506 e. The molecule has 30 heavy (non-hydrogen) atoms. The lowest BCUT2D eigenvalue weighted by Crippen LogP contribution is -2.33. The third-order valence-corrected chi connectivity index (χ3v) is 4.94. The summed E-state index contributed by atoms with van der Waals surface area (Å²) in [5.74, 6) is -2.41. The molecular weight excluding hydrogens is 393 g/mol. The maximum Gasteiger partial charge on any atom is 0.295 e. The second-order valence-corrected chi connectivity index (χ2v) is 6.54. The molecule has 0 saturated carbocycles. The second-order valence-electron chi connectivity index (χ2n) is 6.54. The zero-order valence-electron chi connectivity index (χ0n) is 16.8. The molecule has 3 rings (SSSR count). The van der Waals surface area contributed by atoms with Crippen LogP contribution >= 0.6 is 0 Å². The van der Waals surface area contributed by atoms with E-state index in [0.717, 1.165) is 0 Å². The Kier molecular flexibility index (Phi) is 6.37. The molecule has 1 heterocycles. The molecule has 7 nitrogen and oxygen atoms in total. The van der Waals surface area contributed by atoms with Crippen LogP contribution < -0.4 is 9.47 Å². The third kappa shape index (κ3) is 3.61. The zero-order chi connectivity index (χ0) is 21.8. The average Bonchev–Trinajstić information content (AvgIpc) is 3.01. The fourth-order valence-electron chi connectivity index (χ4n) is 3.54. The summed E-state index contributed by atoms with van der Waals surface area (Å²) in [5, 5.41) is 11.2. The number of nitrogens with zero attached hydrogens (tertiary/aromatic N) is 1. The first kappa shape index (κ1) is 21.3. The van der Waals surface area contributed by atoms with Crippen molar-refractivity contribution in [2.24, 2.45) is 0 Å². The summed E-state index contributed by atoms with van der Waals surface area (Å²) in [6.07, 6.45) is 0. The predicted molar refractivity (Wildman–Crippen MR) is 107 cm³/mol. The molecule has 0 aromatic heterocycles. The Hall–Kier alpha value is -3.39. The lowest BCUT2D eigenvalue weighted by Gasteiger charge is -2.25. The van der Waals surface area contributed by atoms with Crippen molar-refractivity contribution in [3.05, 3.63) is 65.0 Å². The molecule has 0 bridgehead atoms. The van der Waals surface area contributed by atoms with Gasteiger partial charge in [0.2, 0.25) is 0 Å². The smallest absolute Gasteiger partial charge is 0.295 e. The minimum absolute atomic E-state index is 0.0416. The van der Waals surface area contributed by atoms with Gasteiger partial charge in [-0.2, -0.15) is 0 Å². The van der Waals surface area contributed by atoms with Crippen LogP contribution in [0.5, 0.6) is 11.5 Å². The topological polar surface area (TPSA) is 85.3 Å². The molecular formula is C22H22FNO6. The first-order valence-corrected chi connectivity index (χ1v) is 9.19. The molecule has 1 unspecified atom stereocenters.